The minimum absolute atomic E-state index is 0.690. The van der Waals surface area contributed by atoms with Crippen molar-refractivity contribution in [3.8, 4) is 5.69 Å². The summed E-state index contributed by atoms with van der Waals surface area (Å²) in [5, 5.41) is 8.83. The van der Waals surface area contributed by atoms with E-state index in [1.54, 1.807) is 0 Å². The molecule has 1 aromatic heterocycles. The fraction of sp³-hybridized carbons (Fsp3) is 0.500. The van der Waals surface area contributed by atoms with Gasteiger partial charge in [0.1, 0.15) is 5.82 Å². The molecular formula is C16H21ClN4. The Morgan fingerprint density at radius 3 is 2.71 bits per heavy atom. The fourth-order valence-electron chi connectivity index (χ4n) is 2.33. The van der Waals surface area contributed by atoms with Crippen molar-refractivity contribution in [2.24, 2.45) is 0 Å². The highest BCUT2D eigenvalue weighted by Crippen LogP contribution is 2.24. The molecule has 1 fully saturated rings. The van der Waals surface area contributed by atoms with Gasteiger partial charge in [0.25, 0.3) is 0 Å². The summed E-state index contributed by atoms with van der Waals surface area (Å²) >= 11 is 6.42. The lowest BCUT2D eigenvalue weighted by molar-refractivity contribution is 0.687. The molecule has 4 nitrogen and oxygen atoms in total. The third kappa shape index (κ3) is 3.27. The Bertz CT molecular complexity index is 631. The Balaban J connectivity index is 1.84. The van der Waals surface area contributed by atoms with Crippen LogP contribution >= 0.6 is 11.6 Å². The maximum absolute atomic E-state index is 6.42. The van der Waals surface area contributed by atoms with E-state index in [1.165, 1.54) is 12.8 Å². The van der Waals surface area contributed by atoms with E-state index in [1.807, 2.05) is 10.7 Å². The third-order valence-electron chi connectivity index (χ3n) is 3.79. The molecule has 1 N–H and O–H groups in total. The van der Waals surface area contributed by atoms with Gasteiger partial charge in [0.2, 0.25) is 0 Å². The van der Waals surface area contributed by atoms with Crippen molar-refractivity contribution < 1.29 is 0 Å². The molecule has 0 atom stereocenters. The zero-order chi connectivity index (χ0) is 14.8. The number of rotatable bonds is 6. The van der Waals surface area contributed by atoms with Crippen molar-refractivity contribution in [1.82, 2.24) is 20.1 Å². The van der Waals surface area contributed by atoms with Crippen molar-refractivity contribution in [1.29, 1.82) is 0 Å². The molecule has 2 aromatic rings. The van der Waals surface area contributed by atoms with Gasteiger partial charge in [-0.05, 0) is 30.5 Å². The van der Waals surface area contributed by atoms with Crippen LogP contribution in [-0.4, -0.2) is 20.8 Å². The summed E-state index contributed by atoms with van der Waals surface area (Å²) in [4.78, 5) is 4.54. The standard InChI is InChI=1S/C16H21ClN4/c1-3-15-19-16(4-2)21(20-15)13-8-5-11(14(17)9-13)10-18-12-6-7-12/h5,8-9,12,18H,3-4,6-7,10H2,1-2H3. The quantitative estimate of drug-likeness (QED) is 0.890. The smallest absolute Gasteiger partial charge is 0.151 e. The van der Waals surface area contributed by atoms with Crippen LogP contribution in [0.2, 0.25) is 5.02 Å². The van der Waals surface area contributed by atoms with Gasteiger partial charge in [-0.15, -0.1) is 0 Å². The van der Waals surface area contributed by atoms with Crippen LogP contribution in [0.3, 0.4) is 0 Å². The van der Waals surface area contributed by atoms with E-state index < -0.39 is 0 Å². The van der Waals surface area contributed by atoms with Gasteiger partial charge < -0.3 is 5.32 Å². The van der Waals surface area contributed by atoms with Gasteiger partial charge in [-0.1, -0.05) is 31.5 Å². The molecule has 5 heteroatoms. The molecular weight excluding hydrogens is 284 g/mol. The Labute approximate surface area is 130 Å². The first kappa shape index (κ1) is 14.5. The van der Waals surface area contributed by atoms with E-state index in [0.29, 0.717) is 6.04 Å². The van der Waals surface area contributed by atoms with E-state index in [4.69, 9.17) is 11.6 Å². The topological polar surface area (TPSA) is 42.7 Å². The first-order valence-electron chi connectivity index (χ1n) is 7.68. The number of hydrogen-bond donors (Lipinski definition) is 1. The summed E-state index contributed by atoms with van der Waals surface area (Å²) in [7, 11) is 0. The lowest BCUT2D eigenvalue weighted by Gasteiger charge is -2.09. The number of hydrogen-bond acceptors (Lipinski definition) is 3. The van der Waals surface area contributed by atoms with E-state index in [-0.39, 0.29) is 0 Å². The fourth-order valence-corrected chi connectivity index (χ4v) is 2.57. The number of benzene rings is 1. The van der Waals surface area contributed by atoms with Crippen LogP contribution in [0.1, 0.15) is 43.9 Å². The molecule has 0 aliphatic heterocycles. The molecule has 0 unspecified atom stereocenters. The van der Waals surface area contributed by atoms with E-state index in [0.717, 1.165) is 47.3 Å². The van der Waals surface area contributed by atoms with Gasteiger partial charge in [-0.2, -0.15) is 5.10 Å². The van der Waals surface area contributed by atoms with Gasteiger partial charge in [0.15, 0.2) is 5.82 Å². The molecule has 112 valence electrons. The second-order valence-corrected chi connectivity index (χ2v) is 5.90. The highest BCUT2D eigenvalue weighted by molar-refractivity contribution is 6.31. The summed E-state index contributed by atoms with van der Waals surface area (Å²) in [6.07, 6.45) is 4.27. The summed E-state index contributed by atoms with van der Waals surface area (Å²) in [6.45, 7) is 5.00. The lowest BCUT2D eigenvalue weighted by Crippen LogP contribution is -2.15. The predicted octanol–water partition coefficient (Wildman–Crippen LogP) is 3.30. The van der Waals surface area contributed by atoms with Crippen molar-refractivity contribution in [3.63, 3.8) is 0 Å². The van der Waals surface area contributed by atoms with Crippen molar-refractivity contribution in [2.45, 2.75) is 52.1 Å². The lowest BCUT2D eigenvalue weighted by atomic mass is 10.2. The van der Waals surface area contributed by atoms with Gasteiger partial charge in [-0.25, -0.2) is 9.67 Å². The number of halogens is 1. The second-order valence-electron chi connectivity index (χ2n) is 5.49. The maximum atomic E-state index is 6.42. The Morgan fingerprint density at radius 1 is 1.29 bits per heavy atom. The zero-order valence-electron chi connectivity index (χ0n) is 12.6. The molecule has 0 radical (unpaired) electrons. The molecule has 21 heavy (non-hydrogen) atoms. The molecule has 3 rings (SSSR count). The Morgan fingerprint density at radius 2 is 2.10 bits per heavy atom. The SMILES string of the molecule is CCc1nc(CC)n(-c2ccc(CNC3CC3)c(Cl)c2)n1. The maximum Gasteiger partial charge on any atom is 0.151 e. The van der Waals surface area contributed by atoms with Gasteiger partial charge in [-0.3, -0.25) is 0 Å². The first-order chi connectivity index (χ1) is 10.2. The van der Waals surface area contributed by atoms with E-state index in [9.17, 15) is 0 Å². The van der Waals surface area contributed by atoms with Crippen LogP contribution < -0.4 is 5.32 Å². The largest absolute Gasteiger partial charge is 0.310 e. The van der Waals surface area contributed by atoms with Crippen molar-refractivity contribution in [2.75, 3.05) is 0 Å². The summed E-state index contributed by atoms with van der Waals surface area (Å²) in [5.41, 5.74) is 2.13. The highest BCUT2D eigenvalue weighted by atomic mass is 35.5. The van der Waals surface area contributed by atoms with Crippen LogP contribution in [0.15, 0.2) is 18.2 Å². The number of nitrogens with zero attached hydrogens (tertiary/aromatic N) is 3. The molecule has 1 aliphatic rings. The number of nitrogens with one attached hydrogen (secondary N) is 1. The number of aromatic nitrogens is 3. The summed E-state index contributed by atoms with van der Waals surface area (Å²) in [6, 6.07) is 6.83. The monoisotopic (exact) mass is 304 g/mol. The van der Waals surface area contributed by atoms with Gasteiger partial charge in [0, 0.05) is 30.5 Å². The molecule has 0 bridgehead atoms. The first-order valence-corrected chi connectivity index (χ1v) is 8.06. The summed E-state index contributed by atoms with van der Waals surface area (Å²) < 4.78 is 1.91. The van der Waals surface area contributed by atoms with E-state index >= 15 is 0 Å². The summed E-state index contributed by atoms with van der Waals surface area (Å²) in [5.74, 6) is 1.86. The highest BCUT2D eigenvalue weighted by Gasteiger charge is 2.20. The zero-order valence-corrected chi connectivity index (χ0v) is 13.3. The Hall–Kier alpha value is -1.39. The average Bonchev–Trinajstić information content (AvgIpc) is 3.23. The predicted molar refractivity (Wildman–Crippen MR) is 85.0 cm³/mol. The molecule has 1 saturated carbocycles. The van der Waals surface area contributed by atoms with Crippen LogP contribution in [0.4, 0.5) is 0 Å². The van der Waals surface area contributed by atoms with Crippen molar-refractivity contribution >= 4 is 11.6 Å². The molecule has 0 amide bonds. The molecule has 1 aromatic carbocycles. The third-order valence-corrected chi connectivity index (χ3v) is 4.14. The van der Waals surface area contributed by atoms with Gasteiger partial charge >= 0.3 is 0 Å². The minimum Gasteiger partial charge on any atom is -0.310 e. The molecule has 0 saturated heterocycles. The number of aryl methyl sites for hydroxylation is 2. The second kappa shape index (κ2) is 6.16. The molecule has 1 heterocycles. The Kier molecular flexibility index (Phi) is 4.27. The molecule has 1 aliphatic carbocycles. The average molecular weight is 305 g/mol. The minimum atomic E-state index is 0.690. The van der Waals surface area contributed by atoms with E-state index in [2.05, 4.69) is 41.4 Å². The van der Waals surface area contributed by atoms with Crippen LogP contribution in [0.25, 0.3) is 5.69 Å². The van der Waals surface area contributed by atoms with Crippen LogP contribution in [-0.2, 0) is 19.4 Å². The van der Waals surface area contributed by atoms with Crippen LogP contribution in [0.5, 0.6) is 0 Å². The molecule has 0 spiro atoms. The van der Waals surface area contributed by atoms with Gasteiger partial charge in [0.05, 0.1) is 5.69 Å². The van der Waals surface area contributed by atoms with Crippen LogP contribution in [0, 0.1) is 0 Å². The normalized spacial score (nSPS) is 14.6. The van der Waals surface area contributed by atoms with Crippen molar-refractivity contribution in [3.05, 3.63) is 40.4 Å².